The second kappa shape index (κ2) is 17.8. The molecule has 2 aromatic carbocycles. The third-order valence-corrected chi connectivity index (χ3v) is 13.7. The first kappa shape index (κ1) is 44.3. The minimum absolute atomic E-state index is 0.0480. The van der Waals surface area contributed by atoms with Crippen molar-refractivity contribution in [2.45, 2.75) is 101 Å². The third-order valence-electron chi connectivity index (χ3n) is 13.4. The van der Waals surface area contributed by atoms with E-state index in [0.717, 1.165) is 41.5 Å². The summed E-state index contributed by atoms with van der Waals surface area (Å²) in [7, 11) is 1.51. The van der Waals surface area contributed by atoms with Crippen LogP contribution in [-0.2, 0) is 24.7 Å². The average molecular weight is 910 g/mol. The van der Waals surface area contributed by atoms with Crippen molar-refractivity contribution >= 4 is 69.5 Å². The molecule has 5 amide bonds. The zero-order chi connectivity index (χ0) is 45.7. The summed E-state index contributed by atoms with van der Waals surface area (Å²) in [5, 5.41) is 20.9. The summed E-state index contributed by atoms with van der Waals surface area (Å²) in [6, 6.07) is 11.2. The SMILES string of the molecule is CNC(=O)COc1cc2cc(Nc3nc(N4CCC(OC5CC(N6CCC(O)(c7ccc8c(c7)C(=O)N(C7CCC(=O)NC7=O)C8=O)CC6)C5)CC4)ncc3Cl)ccc2n(C(C)C)c1=O. The lowest BCUT2D eigenvalue weighted by atomic mass is 9.80. The first-order valence-electron chi connectivity index (χ1n) is 22.2. The van der Waals surface area contributed by atoms with Crippen molar-refractivity contribution in [1.82, 2.24) is 35.0 Å². The maximum atomic E-state index is 13.4. The third kappa shape index (κ3) is 8.67. The molecule has 6 heterocycles. The largest absolute Gasteiger partial charge is 0.478 e. The van der Waals surface area contributed by atoms with Crippen LogP contribution in [0.15, 0.2) is 53.5 Å². The van der Waals surface area contributed by atoms with Gasteiger partial charge in [0.15, 0.2) is 18.2 Å². The van der Waals surface area contributed by atoms with Crippen molar-refractivity contribution in [1.29, 1.82) is 0 Å². The molecule has 65 heavy (non-hydrogen) atoms. The molecule has 4 aromatic rings. The van der Waals surface area contributed by atoms with Gasteiger partial charge in [0, 0.05) is 62.8 Å². The lowest BCUT2D eigenvalue weighted by Gasteiger charge is -2.48. The molecule has 0 bridgehead atoms. The lowest BCUT2D eigenvalue weighted by Crippen LogP contribution is -2.54. The number of hydrogen-bond acceptors (Lipinski definition) is 14. The van der Waals surface area contributed by atoms with Gasteiger partial charge in [-0.3, -0.25) is 43.9 Å². The van der Waals surface area contributed by atoms with Crippen LogP contribution < -0.4 is 31.1 Å². The molecule has 18 nitrogen and oxygen atoms in total. The van der Waals surface area contributed by atoms with Crippen LogP contribution in [0.25, 0.3) is 10.9 Å². The van der Waals surface area contributed by atoms with Crippen molar-refractivity contribution in [3.05, 3.63) is 80.7 Å². The number of ether oxygens (including phenoxy) is 2. The predicted octanol–water partition coefficient (Wildman–Crippen LogP) is 3.80. The van der Waals surface area contributed by atoms with E-state index in [4.69, 9.17) is 26.1 Å². The molecule has 342 valence electrons. The Morgan fingerprint density at radius 1 is 0.954 bits per heavy atom. The fraction of sp³-hybridized carbons (Fsp3) is 0.478. The number of halogens is 1. The molecule has 4 aliphatic heterocycles. The molecule has 19 heteroatoms. The van der Waals surface area contributed by atoms with Crippen LogP contribution in [0.5, 0.6) is 5.75 Å². The zero-order valence-corrected chi connectivity index (χ0v) is 37.2. The number of anilines is 3. The summed E-state index contributed by atoms with van der Waals surface area (Å²) in [6.45, 7) is 6.32. The van der Waals surface area contributed by atoms with Gasteiger partial charge in [0.2, 0.25) is 17.8 Å². The van der Waals surface area contributed by atoms with E-state index in [-0.39, 0.29) is 66.0 Å². The van der Waals surface area contributed by atoms with E-state index >= 15 is 0 Å². The number of imide groups is 2. The van der Waals surface area contributed by atoms with Gasteiger partial charge in [0.25, 0.3) is 23.3 Å². The number of likely N-dealkylation sites (N-methyl/N-ethyl adjacent to an activating group) is 1. The fourth-order valence-corrected chi connectivity index (χ4v) is 9.82. The lowest BCUT2D eigenvalue weighted by molar-refractivity contribution is -0.136. The van der Waals surface area contributed by atoms with Gasteiger partial charge in [-0.15, -0.1) is 0 Å². The molecule has 0 radical (unpaired) electrons. The Labute approximate surface area is 379 Å². The number of likely N-dealkylation sites (tertiary alicyclic amines) is 1. The van der Waals surface area contributed by atoms with Gasteiger partial charge in [-0.2, -0.15) is 4.98 Å². The Morgan fingerprint density at radius 2 is 1.69 bits per heavy atom. The number of nitrogens with one attached hydrogen (secondary N) is 3. The highest BCUT2D eigenvalue weighted by molar-refractivity contribution is 6.33. The number of pyridine rings is 1. The maximum absolute atomic E-state index is 13.4. The van der Waals surface area contributed by atoms with Crippen LogP contribution in [0.4, 0.5) is 17.5 Å². The van der Waals surface area contributed by atoms with Gasteiger partial charge in [-0.05, 0) is 101 Å². The van der Waals surface area contributed by atoms with Crippen molar-refractivity contribution in [3.8, 4) is 5.75 Å². The molecule has 0 spiro atoms. The monoisotopic (exact) mass is 909 g/mol. The van der Waals surface area contributed by atoms with E-state index in [1.807, 2.05) is 32.0 Å². The number of carbonyl (C=O) groups excluding carboxylic acids is 5. The van der Waals surface area contributed by atoms with Crippen molar-refractivity contribution in [3.63, 3.8) is 0 Å². The Kier molecular flexibility index (Phi) is 12.1. The molecule has 1 atom stereocenters. The zero-order valence-electron chi connectivity index (χ0n) is 36.5. The van der Waals surface area contributed by atoms with E-state index < -0.39 is 35.3 Å². The Hall–Kier alpha value is -5.95. The molecule has 1 aliphatic carbocycles. The standard InChI is InChI=1S/C46H52ClN9O9/c1-25(2)55-35-7-5-28(18-26(35)19-37(44(55)62)64-24-39(58)48-3)50-40-34(47)23-49-45(52-40)54-14-10-30(11-15-54)65-31-21-29(22-31)53-16-12-46(63,13-17-53)27-4-6-32-33(20-27)43(61)56(42(32)60)36-8-9-38(57)51-41(36)59/h4-7,18-20,23,25,29-31,36,63H,8-17,21-22,24H2,1-3H3,(H,48,58)(H,49,50,52)(H,51,57,59). The quantitative estimate of drug-likeness (QED) is 0.149. The van der Waals surface area contributed by atoms with E-state index in [9.17, 15) is 33.9 Å². The number of aliphatic hydroxyl groups is 1. The summed E-state index contributed by atoms with van der Waals surface area (Å²) in [5.74, 6) is -1.51. The topological polar surface area (TPSA) is 218 Å². The fourth-order valence-electron chi connectivity index (χ4n) is 9.68. The highest BCUT2D eigenvalue weighted by Gasteiger charge is 2.46. The van der Waals surface area contributed by atoms with Crippen LogP contribution in [0.1, 0.15) is 97.5 Å². The number of fused-ring (bicyclic) bond motifs is 2. The highest BCUT2D eigenvalue weighted by atomic mass is 35.5. The Balaban J connectivity index is 0.754. The number of aromatic nitrogens is 3. The van der Waals surface area contributed by atoms with E-state index in [1.54, 1.807) is 35.0 Å². The van der Waals surface area contributed by atoms with Crippen LogP contribution >= 0.6 is 11.6 Å². The molecule has 1 unspecified atom stereocenters. The van der Waals surface area contributed by atoms with Crippen molar-refractivity contribution in [2.24, 2.45) is 0 Å². The molecule has 5 aliphatic rings. The number of amides is 5. The summed E-state index contributed by atoms with van der Waals surface area (Å²) < 4.78 is 13.8. The number of piperidine rings is 3. The molecule has 1 saturated carbocycles. The Bertz CT molecular complexity index is 2630. The number of nitrogens with zero attached hydrogens (tertiary/aromatic N) is 6. The van der Waals surface area contributed by atoms with Gasteiger partial charge in [-0.25, -0.2) is 4.98 Å². The summed E-state index contributed by atoms with van der Waals surface area (Å²) >= 11 is 6.59. The van der Waals surface area contributed by atoms with Gasteiger partial charge in [0.1, 0.15) is 11.1 Å². The first-order valence-corrected chi connectivity index (χ1v) is 22.6. The molecule has 3 saturated heterocycles. The van der Waals surface area contributed by atoms with Crippen LogP contribution in [0.2, 0.25) is 5.02 Å². The summed E-state index contributed by atoms with van der Waals surface area (Å²) in [5.41, 5.74) is 0.870. The second-order valence-electron chi connectivity index (χ2n) is 17.8. The summed E-state index contributed by atoms with van der Waals surface area (Å²) in [6.07, 6.45) is 6.38. The van der Waals surface area contributed by atoms with Crippen LogP contribution in [0, 0.1) is 0 Å². The molecule has 4 fully saturated rings. The highest BCUT2D eigenvalue weighted by Crippen LogP contribution is 2.40. The number of rotatable bonds is 12. The molecular formula is C46H52ClN9O9. The molecule has 4 N–H and O–H groups in total. The Morgan fingerprint density at radius 3 is 2.40 bits per heavy atom. The predicted molar refractivity (Wildman–Crippen MR) is 239 cm³/mol. The molecule has 9 rings (SSSR count). The normalized spacial score (nSPS) is 22.5. The van der Waals surface area contributed by atoms with Gasteiger partial charge < -0.3 is 34.7 Å². The van der Waals surface area contributed by atoms with Crippen LogP contribution in [-0.4, -0.2) is 123 Å². The van der Waals surface area contributed by atoms with E-state index in [0.29, 0.717) is 73.1 Å². The first-order chi connectivity index (χ1) is 31.2. The minimum atomic E-state index is -1.16. The number of carbonyl (C=O) groups is 5. The van der Waals surface area contributed by atoms with Crippen LogP contribution in [0.3, 0.4) is 0 Å². The molecule has 2 aromatic heterocycles. The van der Waals surface area contributed by atoms with Crippen molar-refractivity contribution in [2.75, 3.05) is 50.1 Å². The summed E-state index contributed by atoms with van der Waals surface area (Å²) in [4.78, 5) is 90.6. The van der Waals surface area contributed by atoms with Gasteiger partial charge in [-0.1, -0.05) is 17.7 Å². The number of benzene rings is 2. The van der Waals surface area contributed by atoms with Gasteiger partial charge in [0.05, 0.1) is 40.6 Å². The van der Waals surface area contributed by atoms with Crippen molar-refractivity contribution < 1.29 is 38.6 Å². The molecular weight excluding hydrogens is 858 g/mol. The van der Waals surface area contributed by atoms with E-state index in [1.165, 1.54) is 7.05 Å². The smallest absolute Gasteiger partial charge is 0.293 e. The number of hydrogen-bond donors (Lipinski definition) is 4. The second-order valence-corrected chi connectivity index (χ2v) is 18.3. The average Bonchev–Trinajstić information content (AvgIpc) is 3.52. The minimum Gasteiger partial charge on any atom is -0.478 e. The maximum Gasteiger partial charge on any atom is 0.293 e. The van der Waals surface area contributed by atoms with E-state index in [2.05, 4.69) is 30.7 Å². The van der Waals surface area contributed by atoms with Gasteiger partial charge >= 0.3 is 0 Å².